The molecule has 4 heterocycles. The number of nitrogens with zero attached hydrogens (tertiary/aromatic N) is 6. The van der Waals surface area contributed by atoms with E-state index in [9.17, 15) is 0 Å². The van der Waals surface area contributed by atoms with E-state index in [2.05, 4.69) is 29.1 Å². The van der Waals surface area contributed by atoms with Gasteiger partial charge in [-0.1, -0.05) is 8.98 Å². The van der Waals surface area contributed by atoms with Crippen molar-refractivity contribution in [3.8, 4) is 0 Å². The third-order valence-electron chi connectivity index (χ3n) is 2.82. The van der Waals surface area contributed by atoms with Gasteiger partial charge in [0.15, 0.2) is 0 Å². The molecule has 0 aliphatic heterocycles. The summed E-state index contributed by atoms with van der Waals surface area (Å²) in [6, 6.07) is 3.84. The van der Waals surface area contributed by atoms with Crippen LogP contribution in [0.25, 0.3) is 20.4 Å². The minimum absolute atomic E-state index is 0.589. The van der Waals surface area contributed by atoms with Crippen LogP contribution in [0.2, 0.25) is 0 Å². The predicted octanol–water partition coefficient (Wildman–Crippen LogP) is 2.08. The molecule has 0 saturated heterocycles. The lowest BCUT2D eigenvalue weighted by atomic mass is 10.1. The average Bonchev–Trinajstić information content (AvgIpc) is 3.08. The van der Waals surface area contributed by atoms with Crippen molar-refractivity contribution in [1.82, 2.24) is 29.1 Å². The van der Waals surface area contributed by atoms with E-state index < -0.39 is 0 Å². The largest absolute Gasteiger partial charge is 0.258 e. The molecule has 0 bridgehead atoms. The Morgan fingerprint density at radius 3 is 1.84 bits per heavy atom. The van der Waals surface area contributed by atoms with Gasteiger partial charge in [0, 0.05) is 18.8 Å². The molecule has 0 aromatic carbocycles. The molecule has 0 amide bonds. The molecule has 4 rings (SSSR count). The Hall–Kier alpha value is -2.06. The summed E-state index contributed by atoms with van der Waals surface area (Å²) in [6.07, 6.45) is 4.14. The van der Waals surface area contributed by atoms with Crippen LogP contribution in [-0.4, -0.2) is 29.1 Å². The minimum Gasteiger partial charge on any atom is -0.258 e. The van der Waals surface area contributed by atoms with Crippen molar-refractivity contribution in [3.05, 3.63) is 35.9 Å². The van der Waals surface area contributed by atoms with Crippen LogP contribution in [0.1, 0.15) is 11.4 Å². The van der Waals surface area contributed by atoms with E-state index in [1.807, 2.05) is 12.1 Å². The van der Waals surface area contributed by atoms with Crippen LogP contribution < -0.4 is 0 Å². The van der Waals surface area contributed by atoms with E-state index in [0.29, 0.717) is 6.42 Å². The molecule has 19 heavy (non-hydrogen) atoms. The van der Waals surface area contributed by atoms with Gasteiger partial charge >= 0.3 is 0 Å². The SMILES string of the molecule is c1cc2snnc2c(Cc2nccc3snnc23)n1. The highest BCUT2D eigenvalue weighted by atomic mass is 32.1. The summed E-state index contributed by atoms with van der Waals surface area (Å²) >= 11 is 2.74. The quantitative estimate of drug-likeness (QED) is 0.561. The van der Waals surface area contributed by atoms with Crippen LogP contribution in [0.5, 0.6) is 0 Å². The van der Waals surface area contributed by atoms with E-state index in [-0.39, 0.29) is 0 Å². The fourth-order valence-corrected chi connectivity index (χ4v) is 3.10. The zero-order chi connectivity index (χ0) is 12.7. The van der Waals surface area contributed by atoms with E-state index in [4.69, 9.17) is 0 Å². The summed E-state index contributed by atoms with van der Waals surface area (Å²) in [5, 5.41) is 8.25. The first-order valence-electron chi connectivity index (χ1n) is 5.54. The van der Waals surface area contributed by atoms with Gasteiger partial charge in [0.25, 0.3) is 0 Å². The summed E-state index contributed by atoms with van der Waals surface area (Å²) in [5.41, 5.74) is 3.43. The minimum atomic E-state index is 0.589. The van der Waals surface area contributed by atoms with Crippen LogP contribution in [0.3, 0.4) is 0 Å². The molecular formula is C11H6N6S2. The van der Waals surface area contributed by atoms with Gasteiger partial charge in [-0.15, -0.1) is 10.2 Å². The van der Waals surface area contributed by atoms with Crippen molar-refractivity contribution in [2.45, 2.75) is 6.42 Å². The maximum absolute atomic E-state index is 4.38. The maximum Gasteiger partial charge on any atom is 0.127 e. The Kier molecular flexibility index (Phi) is 2.42. The first kappa shape index (κ1) is 10.8. The highest BCUT2D eigenvalue weighted by Crippen LogP contribution is 2.23. The second-order valence-electron chi connectivity index (χ2n) is 3.93. The molecule has 0 aliphatic rings. The number of hydrogen-bond acceptors (Lipinski definition) is 8. The van der Waals surface area contributed by atoms with Crippen LogP contribution in [0.4, 0.5) is 0 Å². The summed E-state index contributed by atoms with van der Waals surface area (Å²) in [7, 11) is 0. The normalized spacial score (nSPS) is 11.4. The van der Waals surface area contributed by atoms with Gasteiger partial charge < -0.3 is 0 Å². The molecule has 92 valence electrons. The third kappa shape index (κ3) is 1.76. The molecule has 6 nitrogen and oxygen atoms in total. The molecular weight excluding hydrogens is 280 g/mol. The second kappa shape index (κ2) is 4.25. The lowest BCUT2D eigenvalue weighted by Crippen LogP contribution is -1.97. The first-order chi connectivity index (χ1) is 9.42. The van der Waals surface area contributed by atoms with E-state index >= 15 is 0 Å². The molecule has 0 saturated carbocycles. The van der Waals surface area contributed by atoms with E-state index in [0.717, 1.165) is 31.8 Å². The zero-order valence-electron chi connectivity index (χ0n) is 9.52. The van der Waals surface area contributed by atoms with Gasteiger partial charge in [-0.25, -0.2) is 0 Å². The Labute approximate surface area is 115 Å². The summed E-state index contributed by atoms with van der Waals surface area (Å²) in [4.78, 5) is 8.77. The Bertz CT molecular complexity index is 796. The number of rotatable bonds is 2. The van der Waals surface area contributed by atoms with Crippen molar-refractivity contribution in [2.75, 3.05) is 0 Å². The maximum atomic E-state index is 4.38. The highest BCUT2D eigenvalue weighted by molar-refractivity contribution is 7.13. The topological polar surface area (TPSA) is 77.3 Å². The molecule has 0 fully saturated rings. The van der Waals surface area contributed by atoms with Gasteiger partial charge in [-0.2, -0.15) is 0 Å². The van der Waals surface area contributed by atoms with Crippen LogP contribution in [-0.2, 0) is 6.42 Å². The van der Waals surface area contributed by atoms with Gasteiger partial charge in [-0.3, -0.25) is 9.97 Å². The zero-order valence-corrected chi connectivity index (χ0v) is 11.1. The molecule has 8 heteroatoms. The van der Waals surface area contributed by atoms with Gasteiger partial charge in [0.1, 0.15) is 11.0 Å². The molecule has 0 aliphatic carbocycles. The monoisotopic (exact) mass is 286 g/mol. The predicted molar refractivity (Wildman–Crippen MR) is 73.2 cm³/mol. The summed E-state index contributed by atoms with van der Waals surface area (Å²) in [6.45, 7) is 0. The first-order valence-corrected chi connectivity index (χ1v) is 7.08. The van der Waals surface area contributed by atoms with Crippen molar-refractivity contribution in [2.24, 2.45) is 0 Å². The van der Waals surface area contributed by atoms with Crippen molar-refractivity contribution in [3.63, 3.8) is 0 Å². The van der Waals surface area contributed by atoms with Gasteiger partial charge in [0.05, 0.1) is 20.8 Å². The molecule has 0 unspecified atom stereocenters. The molecule has 0 N–H and O–H groups in total. The Morgan fingerprint density at radius 2 is 1.32 bits per heavy atom. The Morgan fingerprint density at radius 1 is 0.789 bits per heavy atom. The van der Waals surface area contributed by atoms with Crippen molar-refractivity contribution < 1.29 is 0 Å². The smallest absolute Gasteiger partial charge is 0.127 e. The molecule has 0 atom stereocenters. The Balaban J connectivity index is 1.86. The fraction of sp³-hybridized carbons (Fsp3) is 0.0909. The third-order valence-corrected chi connectivity index (χ3v) is 4.20. The lowest BCUT2D eigenvalue weighted by Gasteiger charge is -2.01. The van der Waals surface area contributed by atoms with Gasteiger partial charge in [-0.05, 0) is 35.2 Å². The molecule has 4 aromatic heterocycles. The van der Waals surface area contributed by atoms with E-state index in [1.165, 1.54) is 23.1 Å². The summed E-state index contributed by atoms with van der Waals surface area (Å²) < 4.78 is 9.99. The number of hydrogen-bond donors (Lipinski definition) is 0. The van der Waals surface area contributed by atoms with Gasteiger partial charge in [0.2, 0.25) is 0 Å². The molecule has 0 radical (unpaired) electrons. The standard InChI is InChI=1S/C11H6N6S2/c1-3-12-6(10-8(1)18-16-14-10)5-7-11-9(2-4-13-7)19-17-15-11/h1-4H,5H2. The number of aromatic nitrogens is 6. The molecule has 4 aromatic rings. The fourth-order valence-electron chi connectivity index (χ4n) is 1.94. The number of pyridine rings is 2. The van der Waals surface area contributed by atoms with E-state index in [1.54, 1.807) is 12.4 Å². The van der Waals surface area contributed by atoms with Crippen LogP contribution in [0.15, 0.2) is 24.5 Å². The van der Waals surface area contributed by atoms with Crippen molar-refractivity contribution in [1.29, 1.82) is 0 Å². The van der Waals surface area contributed by atoms with Crippen molar-refractivity contribution >= 4 is 43.5 Å². The molecule has 0 spiro atoms. The van der Waals surface area contributed by atoms with Crippen LogP contribution >= 0.6 is 23.1 Å². The lowest BCUT2D eigenvalue weighted by molar-refractivity contribution is 1.02. The number of fused-ring (bicyclic) bond motifs is 2. The second-order valence-corrected chi connectivity index (χ2v) is 5.50. The van der Waals surface area contributed by atoms with Crippen LogP contribution in [0, 0.1) is 0 Å². The average molecular weight is 286 g/mol. The highest BCUT2D eigenvalue weighted by Gasteiger charge is 2.12. The summed E-state index contributed by atoms with van der Waals surface area (Å²) in [5.74, 6) is 0.